The minimum absolute atomic E-state index is 0.233. The van der Waals surface area contributed by atoms with Crippen LogP contribution in [0.1, 0.15) is 24.6 Å². The van der Waals surface area contributed by atoms with Gasteiger partial charge in [0, 0.05) is 19.2 Å². The highest BCUT2D eigenvalue weighted by atomic mass is 79.9. The molecular weight excluding hydrogens is 328 g/mol. The van der Waals surface area contributed by atoms with Crippen LogP contribution in [0.5, 0.6) is 0 Å². The van der Waals surface area contributed by atoms with E-state index in [-0.39, 0.29) is 6.04 Å². The molecule has 1 aliphatic rings. The van der Waals surface area contributed by atoms with Crippen molar-refractivity contribution >= 4 is 15.9 Å². The van der Waals surface area contributed by atoms with Gasteiger partial charge in [-0.1, -0.05) is 30.3 Å². The molecule has 1 aliphatic heterocycles. The molecule has 112 valence electrons. The maximum Gasteiger partial charge on any atom is 0.141 e. The van der Waals surface area contributed by atoms with Crippen LogP contribution in [0.3, 0.4) is 0 Å². The number of rotatable bonds is 4. The molecule has 1 atom stereocenters. The molecule has 21 heavy (non-hydrogen) atoms. The third-order valence-corrected chi connectivity index (χ3v) is 4.83. The van der Waals surface area contributed by atoms with Crippen LogP contribution in [-0.2, 0) is 7.05 Å². The van der Waals surface area contributed by atoms with Crippen molar-refractivity contribution in [2.45, 2.75) is 18.9 Å². The molecule has 1 saturated heterocycles. The Kier molecular flexibility index (Phi) is 4.42. The first-order valence-electron chi connectivity index (χ1n) is 7.44. The van der Waals surface area contributed by atoms with E-state index in [0.717, 1.165) is 29.1 Å². The molecular formula is C16H21BrN4. The number of hydrogen-bond acceptors (Lipinski definition) is 3. The zero-order valence-corrected chi connectivity index (χ0v) is 13.9. The Bertz CT molecular complexity index is 602. The fraction of sp³-hybridized carbons (Fsp3) is 0.438. The summed E-state index contributed by atoms with van der Waals surface area (Å²) in [6.45, 7) is 2.87. The summed E-state index contributed by atoms with van der Waals surface area (Å²) >= 11 is 3.64. The predicted octanol–water partition coefficient (Wildman–Crippen LogP) is 2.95. The van der Waals surface area contributed by atoms with Crippen molar-refractivity contribution < 1.29 is 0 Å². The summed E-state index contributed by atoms with van der Waals surface area (Å²) in [4.78, 5) is 7.19. The second-order valence-electron chi connectivity index (χ2n) is 5.53. The average molecular weight is 349 g/mol. The van der Waals surface area contributed by atoms with Gasteiger partial charge in [0.1, 0.15) is 10.4 Å². The predicted molar refractivity (Wildman–Crippen MR) is 88.9 cm³/mol. The van der Waals surface area contributed by atoms with Crippen LogP contribution in [0.25, 0.3) is 11.4 Å². The number of nitrogens with two attached hydrogens (primary N) is 1. The van der Waals surface area contributed by atoms with Gasteiger partial charge >= 0.3 is 0 Å². The fourth-order valence-corrected chi connectivity index (χ4v) is 3.87. The van der Waals surface area contributed by atoms with E-state index < -0.39 is 0 Å². The SMILES string of the molecule is Cn1c(-c2ccccc2)nc(Br)c1C(CN)N1CCCC1. The molecule has 1 aromatic heterocycles. The van der Waals surface area contributed by atoms with E-state index in [9.17, 15) is 0 Å². The molecule has 4 nitrogen and oxygen atoms in total. The van der Waals surface area contributed by atoms with Gasteiger partial charge in [0.2, 0.25) is 0 Å². The van der Waals surface area contributed by atoms with E-state index in [0.29, 0.717) is 6.54 Å². The summed E-state index contributed by atoms with van der Waals surface area (Å²) in [6.07, 6.45) is 2.52. The number of halogens is 1. The third kappa shape index (κ3) is 2.78. The fourth-order valence-electron chi connectivity index (χ4n) is 3.17. The van der Waals surface area contributed by atoms with E-state index in [1.807, 2.05) is 18.2 Å². The molecule has 2 aromatic rings. The Morgan fingerprint density at radius 2 is 1.90 bits per heavy atom. The third-order valence-electron chi connectivity index (χ3n) is 4.25. The first-order valence-corrected chi connectivity index (χ1v) is 8.23. The summed E-state index contributed by atoms with van der Waals surface area (Å²) in [7, 11) is 2.08. The van der Waals surface area contributed by atoms with Gasteiger partial charge in [-0.05, 0) is 41.9 Å². The molecule has 2 N–H and O–H groups in total. The van der Waals surface area contributed by atoms with Gasteiger partial charge in [0.25, 0.3) is 0 Å². The Morgan fingerprint density at radius 1 is 1.24 bits per heavy atom. The van der Waals surface area contributed by atoms with Crippen molar-refractivity contribution in [1.82, 2.24) is 14.5 Å². The maximum absolute atomic E-state index is 6.07. The monoisotopic (exact) mass is 348 g/mol. The molecule has 1 unspecified atom stereocenters. The summed E-state index contributed by atoms with van der Waals surface area (Å²) in [5.41, 5.74) is 8.37. The molecule has 0 bridgehead atoms. The highest BCUT2D eigenvalue weighted by Crippen LogP contribution is 2.32. The summed E-state index contributed by atoms with van der Waals surface area (Å²) in [6, 6.07) is 10.5. The topological polar surface area (TPSA) is 47.1 Å². The van der Waals surface area contributed by atoms with E-state index in [1.165, 1.54) is 18.5 Å². The lowest BCUT2D eigenvalue weighted by Gasteiger charge is -2.27. The smallest absolute Gasteiger partial charge is 0.141 e. The van der Waals surface area contributed by atoms with Crippen LogP contribution in [-0.4, -0.2) is 34.1 Å². The molecule has 1 fully saturated rings. The van der Waals surface area contributed by atoms with Crippen LogP contribution >= 0.6 is 15.9 Å². The summed E-state index contributed by atoms with van der Waals surface area (Å²) in [5.74, 6) is 0.982. The molecule has 3 rings (SSSR count). The second kappa shape index (κ2) is 6.30. The Labute approximate surface area is 134 Å². The van der Waals surface area contributed by atoms with Gasteiger partial charge in [0.15, 0.2) is 0 Å². The lowest BCUT2D eigenvalue weighted by Crippen LogP contribution is -2.33. The first-order chi connectivity index (χ1) is 10.2. The van der Waals surface area contributed by atoms with Gasteiger partial charge in [-0.2, -0.15) is 0 Å². The standard InChI is InChI=1S/C16H21BrN4/c1-20-14(13(11-18)21-9-5-6-10-21)15(17)19-16(20)12-7-3-2-4-8-12/h2-4,7-8,13H,5-6,9-11,18H2,1H3. The number of nitrogens with zero attached hydrogens (tertiary/aromatic N) is 3. The molecule has 2 heterocycles. The summed E-state index contributed by atoms with van der Waals surface area (Å²) in [5, 5.41) is 0. The van der Waals surface area contributed by atoms with Crippen molar-refractivity contribution in [2.24, 2.45) is 12.8 Å². The number of hydrogen-bond donors (Lipinski definition) is 1. The molecule has 0 saturated carbocycles. The molecule has 0 spiro atoms. The van der Waals surface area contributed by atoms with Crippen molar-refractivity contribution in [2.75, 3.05) is 19.6 Å². The Hall–Kier alpha value is -1.17. The number of benzene rings is 1. The van der Waals surface area contributed by atoms with Gasteiger partial charge in [-0.3, -0.25) is 4.90 Å². The normalized spacial score (nSPS) is 17.3. The van der Waals surface area contributed by atoms with Gasteiger partial charge in [0.05, 0.1) is 11.7 Å². The highest BCUT2D eigenvalue weighted by Gasteiger charge is 2.28. The Morgan fingerprint density at radius 3 is 2.52 bits per heavy atom. The lowest BCUT2D eigenvalue weighted by atomic mass is 10.2. The van der Waals surface area contributed by atoms with Gasteiger partial charge in [-0.25, -0.2) is 4.98 Å². The van der Waals surface area contributed by atoms with Crippen molar-refractivity contribution in [3.05, 3.63) is 40.6 Å². The number of imidazole rings is 1. The summed E-state index contributed by atoms with van der Waals surface area (Å²) < 4.78 is 3.08. The van der Waals surface area contributed by atoms with Crippen LogP contribution in [0, 0.1) is 0 Å². The highest BCUT2D eigenvalue weighted by molar-refractivity contribution is 9.10. The zero-order chi connectivity index (χ0) is 14.8. The second-order valence-corrected chi connectivity index (χ2v) is 6.28. The molecule has 0 amide bonds. The van der Waals surface area contributed by atoms with Gasteiger partial charge < -0.3 is 10.3 Å². The number of likely N-dealkylation sites (tertiary alicyclic amines) is 1. The quantitative estimate of drug-likeness (QED) is 0.923. The van der Waals surface area contributed by atoms with Crippen molar-refractivity contribution in [3.8, 4) is 11.4 Å². The van der Waals surface area contributed by atoms with E-state index in [1.54, 1.807) is 0 Å². The van der Waals surface area contributed by atoms with Crippen LogP contribution in [0.2, 0.25) is 0 Å². The van der Waals surface area contributed by atoms with E-state index in [4.69, 9.17) is 10.7 Å². The zero-order valence-electron chi connectivity index (χ0n) is 12.3. The van der Waals surface area contributed by atoms with Gasteiger partial charge in [-0.15, -0.1) is 0 Å². The molecule has 0 aliphatic carbocycles. The van der Waals surface area contributed by atoms with Crippen molar-refractivity contribution in [1.29, 1.82) is 0 Å². The van der Waals surface area contributed by atoms with Crippen LogP contribution in [0.15, 0.2) is 34.9 Å². The van der Waals surface area contributed by atoms with E-state index >= 15 is 0 Å². The first kappa shape index (κ1) is 14.8. The number of aromatic nitrogens is 2. The average Bonchev–Trinajstić information content (AvgIpc) is 3.12. The largest absolute Gasteiger partial charge is 0.329 e. The molecule has 1 aromatic carbocycles. The molecule has 0 radical (unpaired) electrons. The van der Waals surface area contributed by atoms with Crippen molar-refractivity contribution in [3.63, 3.8) is 0 Å². The maximum atomic E-state index is 6.07. The van der Waals surface area contributed by atoms with E-state index in [2.05, 4.69) is 44.6 Å². The Balaban J connectivity index is 2.01. The van der Waals surface area contributed by atoms with Crippen LogP contribution < -0.4 is 5.73 Å². The molecule has 5 heteroatoms. The minimum atomic E-state index is 0.233. The van der Waals surface area contributed by atoms with Crippen LogP contribution in [0.4, 0.5) is 0 Å². The lowest BCUT2D eigenvalue weighted by molar-refractivity contribution is 0.242. The minimum Gasteiger partial charge on any atom is -0.329 e.